The molecule has 1 amide bonds. The van der Waals surface area contributed by atoms with E-state index in [-0.39, 0.29) is 11.3 Å². The molecular formula is C12H15Cl3N2O. The molecule has 3 nitrogen and oxygen atoms in total. The average Bonchev–Trinajstić information content (AvgIpc) is 2.23. The summed E-state index contributed by atoms with van der Waals surface area (Å²) in [5.74, 6) is -0.317. The lowest BCUT2D eigenvalue weighted by Gasteiger charge is -2.26. The Morgan fingerprint density at radius 3 is 2.17 bits per heavy atom. The molecule has 0 unspecified atom stereocenters. The van der Waals surface area contributed by atoms with Gasteiger partial charge in [-0.25, -0.2) is 0 Å². The van der Waals surface area contributed by atoms with Crippen molar-refractivity contribution in [1.29, 1.82) is 0 Å². The number of carbonyl (C=O) groups is 1. The summed E-state index contributed by atoms with van der Waals surface area (Å²) in [6.07, 6.45) is 0. The largest absolute Gasteiger partial charge is 0.323 e. The van der Waals surface area contributed by atoms with Crippen molar-refractivity contribution < 1.29 is 4.79 Å². The highest BCUT2D eigenvalue weighted by molar-refractivity contribution is 6.44. The molecule has 0 aliphatic carbocycles. The van der Waals surface area contributed by atoms with E-state index in [0.717, 1.165) is 0 Å². The monoisotopic (exact) mass is 308 g/mol. The van der Waals surface area contributed by atoms with Crippen LogP contribution in [0.2, 0.25) is 15.1 Å². The van der Waals surface area contributed by atoms with E-state index in [2.05, 4.69) is 5.32 Å². The highest BCUT2D eigenvalue weighted by Gasteiger charge is 2.27. The van der Waals surface area contributed by atoms with Gasteiger partial charge in [0.05, 0.1) is 26.8 Å². The summed E-state index contributed by atoms with van der Waals surface area (Å²) in [6, 6.07) is 2.33. The molecule has 0 aliphatic heterocycles. The van der Waals surface area contributed by atoms with Gasteiger partial charge in [0.2, 0.25) is 5.91 Å². The van der Waals surface area contributed by atoms with Crippen LogP contribution in [0.25, 0.3) is 0 Å². The molecule has 0 saturated heterocycles. The van der Waals surface area contributed by atoms with Gasteiger partial charge in [0.1, 0.15) is 0 Å². The summed E-state index contributed by atoms with van der Waals surface area (Å²) in [4.78, 5) is 11.9. The Morgan fingerprint density at radius 1 is 1.17 bits per heavy atom. The molecule has 0 fully saturated rings. The van der Waals surface area contributed by atoms with Crippen LogP contribution < -0.4 is 11.1 Å². The van der Waals surface area contributed by atoms with Gasteiger partial charge in [0.25, 0.3) is 0 Å². The number of hydrogen-bond acceptors (Lipinski definition) is 2. The van der Waals surface area contributed by atoms with Gasteiger partial charge in [-0.1, -0.05) is 55.6 Å². The molecule has 0 saturated carbocycles. The third kappa shape index (κ3) is 3.75. The van der Waals surface area contributed by atoms with E-state index in [4.69, 9.17) is 40.5 Å². The summed E-state index contributed by atoms with van der Waals surface area (Å²) in [5.41, 5.74) is 5.90. The predicted octanol–water partition coefficient (Wildman–Crippen LogP) is 3.96. The fraction of sp³-hybridized carbons (Fsp3) is 0.417. The average molecular weight is 310 g/mol. The first-order chi connectivity index (χ1) is 8.12. The van der Waals surface area contributed by atoms with Gasteiger partial charge in [-0.2, -0.15) is 0 Å². The van der Waals surface area contributed by atoms with Crippen LogP contribution in [0.4, 0.5) is 5.69 Å². The number of nitrogens with one attached hydrogen (secondary N) is 1. The third-order valence-corrected chi connectivity index (χ3v) is 3.52. The SMILES string of the molecule is CC(C)(C)[C@H](N)C(=O)Nc1cc(Cl)c(Cl)cc1Cl. The van der Waals surface area contributed by atoms with Gasteiger partial charge < -0.3 is 11.1 Å². The van der Waals surface area contributed by atoms with Gasteiger partial charge in [0, 0.05) is 0 Å². The fourth-order valence-electron chi connectivity index (χ4n) is 1.22. The van der Waals surface area contributed by atoms with Crippen molar-refractivity contribution in [2.24, 2.45) is 11.1 Å². The van der Waals surface area contributed by atoms with Crippen LogP contribution in [-0.4, -0.2) is 11.9 Å². The number of benzene rings is 1. The van der Waals surface area contributed by atoms with Crippen LogP contribution in [0.15, 0.2) is 12.1 Å². The second kappa shape index (κ2) is 5.66. The Balaban J connectivity index is 2.92. The topological polar surface area (TPSA) is 55.1 Å². The van der Waals surface area contributed by atoms with Crippen LogP contribution in [0.5, 0.6) is 0 Å². The first-order valence-corrected chi connectivity index (χ1v) is 6.47. The number of nitrogens with two attached hydrogens (primary N) is 1. The molecule has 6 heteroatoms. The van der Waals surface area contributed by atoms with E-state index in [9.17, 15) is 4.79 Å². The van der Waals surface area contributed by atoms with Crippen molar-refractivity contribution in [2.45, 2.75) is 26.8 Å². The van der Waals surface area contributed by atoms with Crippen LogP contribution in [0.3, 0.4) is 0 Å². The molecule has 0 heterocycles. The van der Waals surface area contributed by atoms with Crippen LogP contribution in [-0.2, 0) is 4.79 Å². The van der Waals surface area contributed by atoms with Crippen LogP contribution in [0, 0.1) is 5.41 Å². The number of amides is 1. The minimum atomic E-state index is -0.650. The van der Waals surface area contributed by atoms with Crippen molar-refractivity contribution in [3.05, 3.63) is 27.2 Å². The molecule has 3 N–H and O–H groups in total. The normalized spacial score (nSPS) is 13.3. The Kier molecular flexibility index (Phi) is 4.90. The van der Waals surface area contributed by atoms with Gasteiger partial charge in [-0.05, 0) is 17.5 Å². The maximum absolute atomic E-state index is 11.9. The summed E-state index contributed by atoms with van der Waals surface area (Å²) in [5, 5.41) is 3.62. The van der Waals surface area contributed by atoms with Gasteiger partial charge in [-0.3, -0.25) is 4.79 Å². The van der Waals surface area contributed by atoms with E-state index in [1.807, 2.05) is 20.8 Å². The first kappa shape index (κ1) is 15.6. The number of halogens is 3. The molecule has 0 aromatic heterocycles. The van der Waals surface area contributed by atoms with E-state index in [1.54, 1.807) is 0 Å². The lowest BCUT2D eigenvalue weighted by Crippen LogP contribution is -2.45. The van der Waals surface area contributed by atoms with Crippen LogP contribution >= 0.6 is 34.8 Å². The maximum atomic E-state index is 11.9. The Labute approximate surface area is 122 Å². The summed E-state index contributed by atoms with van der Waals surface area (Å²) < 4.78 is 0. The summed E-state index contributed by atoms with van der Waals surface area (Å²) in [7, 11) is 0. The van der Waals surface area contributed by atoms with Gasteiger partial charge >= 0.3 is 0 Å². The predicted molar refractivity (Wildman–Crippen MR) is 77.5 cm³/mol. The molecule has 0 aliphatic rings. The second-order valence-corrected chi connectivity index (χ2v) is 6.30. The van der Waals surface area contributed by atoms with Crippen LogP contribution in [0.1, 0.15) is 20.8 Å². The second-order valence-electron chi connectivity index (χ2n) is 5.08. The highest BCUT2D eigenvalue weighted by Crippen LogP contribution is 2.32. The number of hydrogen-bond donors (Lipinski definition) is 2. The van der Waals surface area contributed by atoms with Gasteiger partial charge in [0.15, 0.2) is 0 Å². The standard InChI is InChI=1S/C12H15Cl3N2O/c1-12(2,3)10(16)11(18)17-9-5-7(14)6(13)4-8(9)15/h4-5,10H,16H2,1-3H3,(H,17,18)/t10-/m1/s1. The molecule has 18 heavy (non-hydrogen) atoms. The van der Waals surface area contributed by atoms with Crippen molar-refractivity contribution >= 4 is 46.4 Å². The molecule has 0 spiro atoms. The van der Waals surface area contributed by atoms with Crippen molar-refractivity contribution in [3.63, 3.8) is 0 Å². The zero-order valence-corrected chi connectivity index (χ0v) is 12.6. The molecule has 1 rings (SSSR count). The number of carbonyl (C=O) groups excluding carboxylic acids is 1. The molecule has 100 valence electrons. The highest BCUT2D eigenvalue weighted by atomic mass is 35.5. The first-order valence-electron chi connectivity index (χ1n) is 5.34. The van der Waals surface area contributed by atoms with E-state index in [0.29, 0.717) is 20.8 Å². The minimum absolute atomic E-state index is 0.317. The molecule has 1 atom stereocenters. The van der Waals surface area contributed by atoms with E-state index in [1.165, 1.54) is 12.1 Å². The minimum Gasteiger partial charge on any atom is -0.323 e. The Bertz CT molecular complexity index is 469. The number of anilines is 1. The van der Waals surface area contributed by atoms with Crippen molar-refractivity contribution in [1.82, 2.24) is 0 Å². The zero-order chi connectivity index (χ0) is 14.1. The van der Waals surface area contributed by atoms with Gasteiger partial charge in [-0.15, -0.1) is 0 Å². The lowest BCUT2D eigenvalue weighted by atomic mass is 9.87. The fourth-order valence-corrected chi connectivity index (χ4v) is 1.82. The lowest BCUT2D eigenvalue weighted by molar-refractivity contribution is -0.119. The molecule has 1 aromatic carbocycles. The Hall–Kier alpha value is -0.480. The molecule has 0 bridgehead atoms. The third-order valence-electron chi connectivity index (χ3n) is 2.48. The number of rotatable bonds is 2. The zero-order valence-electron chi connectivity index (χ0n) is 10.4. The Morgan fingerprint density at radius 2 is 1.67 bits per heavy atom. The molecular weight excluding hydrogens is 295 g/mol. The summed E-state index contributed by atoms with van der Waals surface area (Å²) in [6.45, 7) is 5.65. The van der Waals surface area contributed by atoms with Crippen molar-refractivity contribution in [3.8, 4) is 0 Å². The van der Waals surface area contributed by atoms with Crippen molar-refractivity contribution in [2.75, 3.05) is 5.32 Å². The maximum Gasteiger partial charge on any atom is 0.241 e. The summed E-state index contributed by atoms with van der Waals surface area (Å²) >= 11 is 17.6. The smallest absolute Gasteiger partial charge is 0.241 e. The van der Waals surface area contributed by atoms with E-state index >= 15 is 0 Å². The quantitative estimate of drug-likeness (QED) is 0.812. The molecule has 1 aromatic rings. The van der Waals surface area contributed by atoms with E-state index < -0.39 is 6.04 Å². The molecule has 0 radical (unpaired) electrons.